The molecule has 13 atom stereocenters. The van der Waals surface area contributed by atoms with E-state index in [0.717, 1.165) is 11.8 Å². The Morgan fingerprint density at radius 2 is 1.29 bits per heavy atom. The zero-order valence-electron chi connectivity index (χ0n) is 34.3. The van der Waals surface area contributed by atoms with Gasteiger partial charge in [0.15, 0.2) is 10.6 Å². The summed E-state index contributed by atoms with van der Waals surface area (Å²) in [4.78, 5) is 95.3. The number of amides is 6. The highest BCUT2D eigenvalue weighted by Gasteiger charge is 2.58. The highest BCUT2D eigenvalue weighted by molar-refractivity contribution is 9.93. The molecule has 6 aliphatic heterocycles. The number of carbonyl (C=O) groups excluding carboxylic acids is 5. The van der Waals surface area contributed by atoms with Crippen molar-refractivity contribution in [1.82, 2.24) is 30.0 Å². The molecule has 13 unspecified atom stereocenters. The minimum Gasteiger partial charge on any atom is -0.439 e. The first-order valence-electron chi connectivity index (χ1n) is 18.9. The fraction of sp³-hybridized carbons (Fsp3) is 0.727. The van der Waals surface area contributed by atoms with E-state index in [2.05, 4.69) is 106 Å². The third kappa shape index (κ3) is 12.2. The van der Waals surface area contributed by atoms with Crippen LogP contribution in [0.5, 0.6) is 0 Å². The first-order chi connectivity index (χ1) is 30.7. The highest BCUT2D eigenvalue weighted by Crippen LogP contribution is 2.40. The van der Waals surface area contributed by atoms with Gasteiger partial charge in [-0.05, 0) is 37.4 Å². The summed E-state index contributed by atoms with van der Waals surface area (Å²) in [5.41, 5.74) is 24.9. The molecule has 6 fully saturated rings. The number of alkyl halides is 2. The summed E-state index contributed by atoms with van der Waals surface area (Å²) in [7, 11) is 0. The van der Waals surface area contributed by atoms with Crippen LogP contribution in [0, 0.1) is 6.92 Å². The maximum Gasteiger partial charge on any atom is 0.330 e. The largest absolute Gasteiger partial charge is 0.439 e. The second-order valence-corrected chi connectivity index (χ2v) is 18.2. The van der Waals surface area contributed by atoms with Crippen LogP contribution in [-0.4, -0.2) is 149 Å². The van der Waals surface area contributed by atoms with Gasteiger partial charge < -0.3 is 33.9 Å². The number of ether oxygens (including phenoxy) is 5. The molecule has 2 bridgehead atoms. The van der Waals surface area contributed by atoms with Crippen molar-refractivity contribution in [3.8, 4) is 0 Å². The molecule has 29 nitrogen and oxygen atoms in total. The van der Waals surface area contributed by atoms with E-state index in [-0.39, 0.29) is 39.5 Å². The van der Waals surface area contributed by atoms with Crippen LogP contribution in [-0.2, 0) is 38.1 Å². The van der Waals surface area contributed by atoms with Crippen molar-refractivity contribution in [1.29, 1.82) is 0 Å². The van der Waals surface area contributed by atoms with Gasteiger partial charge >= 0.3 is 23.7 Å². The van der Waals surface area contributed by atoms with E-state index < -0.39 is 118 Å². The number of carbonyl (C=O) groups is 5. The Kier molecular flexibility index (Phi) is 20.4. The third-order valence-electron chi connectivity index (χ3n) is 10.6. The Morgan fingerprint density at radius 1 is 0.818 bits per heavy atom. The van der Waals surface area contributed by atoms with Gasteiger partial charge in [0.05, 0.1) is 56.3 Å². The Hall–Kier alpha value is -4.36. The van der Waals surface area contributed by atoms with Crippen LogP contribution in [0.15, 0.2) is 31.1 Å². The maximum absolute atomic E-state index is 12.3. The number of fused-ring (bicyclic) bond motifs is 4. The number of rotatable bonds is 8. The average molecular weight is 1200 g/mol. The Balaban J connectivity index is 0.000000257. The van der Waals surface area contributed by atoms with Gasteiger partial charge in [0.2, 0.25) is 18.0 Å². The van der Waals surface area contributed by atoms with E-state index in [4.69, 9.17) is 45.4 Å². The van der Waals surface area contributed by atoms with E-state index in [9.17, 15) is 38.7 Å². The minimum absolute atomic E-state index is 0. The number of imide groups is 2. The number of urea groups is 2. The van der Waals surface area contributed by atoms with Crippen molar-refractivity contribution in [2.75, 3.05) is 19.8 Å². The molecule has 7 rings (SSSR count). The highest BCUT2D eigenvalue weighted by atomic mass is 80.9. The molecular formula is C33H45Br4N15O14. The van der Waals surface area contributed by atoms with Gasteiger partial charge in [-0.2, -0.15) is 0 Å². The zero-order valence-corrected chi connectivity index (χ0v) is 40.7. The number of aliphatic hydroxyl groups excluding tert-OH is 2. The molecule has 7 heterocycles. The molecule has 364 valence electrons. The molecule has 66 heavy (non-hydrogen) atoms. The van der Waals surface area contributed by atoms with E-state index in [1.165, 1.54) is 22.6 Å². The third-order valence-corrected chi connectivity index (χ3v) is 12.1. The molecular weight excluding hydrogens is 1150 g/mol. The quantitative estimate of drug-likeness (QED) is 0.0820. The van der Waals surface area contributed by atoms with E-state index in [1.807, 2.05) is 0 Å². The molecule has 6 amide bonds. The lowest BCUT2D eigenvalue weighted by Gasteiger charge is -2.44. The number of aryl methyl sites for hydroxylation is 1. The molecule has 1 aromatic rings. The number of azide groups is 3. The summed E-state index contributed by atoms with van der Waals surface area (Å²) in [5.74, 6) is -1.81. The number of aromatic nitrogens is 2. The first-order valence-corrected chi connectivity index (χ1v) is 24.2. The Labute approximate surface area is 405 Å². The van der Waals surface area contributed by atoms with Crippen LogP contribution >= 0.6 is 60.1 Å². The standard InChI is InChI=1S/C12H16BrN5O6.C10H12BrN5O4.C10H13N5O4.CH4.Br2/c1-5(20)23-10-12(2,13)9(21)15-11(22)18(10)8-3-6(16-17-14)7(4-19)24-8;1-10(11)7(17)13-9(18)16-6-2-4(14-15-12)5(20-6)3-19-8(10)16;1-5-3-15(10(18)12-9(5)17)8-2-6(13-14-11)7(4-16)19-8;;1-2/h6-8,10,19H,3-4H2,1-2H3,(H,15,21,22);4-6,8H,2-3H2,1H3,(H,13,17,18);3,6-8,16H,2,4H2,1H3,(H,12,17,18);1H4;. The van der Waals surface area contributed by atoms with Crippen LogP contribution in [0.25, 0.3) is 31.3 Å². The van der Waals surface area contributed by atoms with Crippen molar-refractivity contribution in [2.24, 2.45) is 15.3 Å². The lowest BCUT2D eigenvalue weighted by molar-refractivity contribution is -0.175. The van der Waals surface area contributed by atoms with E-state index in [0.29, 0.717) is 12.0 Å². The van der Waals surface area contributed by atoms with Gasteiger partial charge in [0.1, 0.15) is 23.0 Å². The predicted octanol–water partition coefficient (Wildman–Crippen LogP) is 3.34. The van der Waals surface area contributed by atoms with Crippen LogP contribution in [0.4, 0.5) is 9.59 Å². The minimum atomic E-state index is -1.40. The fourth-order valence-electron chi connectivity index (χ4n) is 7.34. The number of aliphatic hydroxyl groups is 2. The number of halogens is 4. The summed E-state index contributed by atoms with van der Waals surface area (Å²) < 4.78 is 26.3. The summed E-state index contributed by atoms with van der Waals surface area (Å²) in [6, 6.07) is -3.00. The van der Waals surface area contributed by atoms with Crippen LogP contribution in [0.3, 0.4) is 0 Å². The van der Waals surface area contributed by atoms with Crippen molar-refractivity contribution < 1.29 is 57.9 Å². The number of esters is 1. The fourth-order valence-corrected chi connectivity index (χ4v) is 8.20. The molecule has 0 spiro atoms. The zero-order chi connectivity index (χ0) is 48.6. The summed E-state index contributed by atoms with van der Waals surface area (Å²) in [5, 5.41) is 33.6. The van der Waals surface area contributed by atoms with E-state index >= 15 is 0 Å². The van der Waals surface area contributed by atoms with Gasteiger partial charge in [0.25, 0.3) is 5.56 Å². The van der Waals surface area contributed by atoms with Crippen molar-refractivity contribution >= 4 is 90.0 Å². The van der Waals surface area contributed by atoms with Gasteiger partial charge in [-0.15, -0.1) is 0 Å². The monoisotopic (exact) mass is 1190 g/mol. The Morgan fingerprint density at radius 3 is 1.82 bits per heavy atom. The molecule has 0 saturated carbocycles. The molecule has 33 heteroatoms. The van der Waals surface area contributed by atoms with Gasteiger partial charge in [-0.25, -0.2) is 14.4 Å². The molecule has 6 aliphatic rings. The van der Waals surface area contributed by atoms with Crippen LogP contribution in [0.1, 0.15) is 59.3 Å². The lowest BCUT2D eigenvalue weighted by atomic mass is 10.0. The van der Waals surface area contributed by atoms with Crippen molar-refractivity contribution in [3.63, 3.8) is 0 Å². The number of hydrogen-bond acceptors (Lipinski definition) is 17. The molecule has 0 aromatic carbocycles. The normalized spacial score (nSPS) is 33.9. The van der Waals surface area contributed by atoms with Gasteiger partial charge in [-0.3, -0.25) is 49.2 Å². The van der Waals surface area contributed by atoms with Crippen LogP contribution in [0.2, 0.25) is 0 Å². The second-order valence-electron chi connectivity index (χ2n) is 14.9. The first kappa shape index (κ1) is 56.0. The van der Waals surface area contributed by atoms with Crippen LogP contribution < -0.4 is 21.9 Å². The maximum atomic E-state index is 12.3. The van der Waals surface area contributed by atoms with Crippen molar-refractivity contribution in [3.05, 3.63) is 63.9 Å². The van der Waals surface area contributed by atoms with Crippen molar-refractivity contribution in [2.45, 2.75) is 131 Å². The van der Waals surface area contributed by atoms with Gasteiger partial charge in [0, 0.05) is 80.9 Å². The molecule has 5 N–H and O–H groups in total. The molecule has 0 aliphatic carbocycles. The average Bonchev–Trinajstić information content (AvgIpc) is 3.93. The Bertz CT molecular complexity index is 2250. The smallest absolute Gasteiger partial charge is 0.330 e. The number of aromatic amines is 1. The van der Waals surface area contributed by atoms with E-state index in [1.54, 1.807) is 13.8 Å². The summed E-state index contributed by atoms with van der Waals surface area (Å²) in [6.07, 6.45) is -3.98. The number of hydrogen-bond donors (Lipinski definition) is 5. The summed E-state index contributed by atoms with van der Waals surface area (Å²) >= 11 is 12.0. The SMILES string of the molecule is BrBr.C.CC(=O)OC1N(C2CC(N=[N+]=[N-])C(CO)O2)C(=O)NC(=O)C1(C)Br.CC1(Br)C(=O)NC(=O)N2C3CC(N=[N+]=[N-])C(COC21)O3.Cc1cn(C2CC(N=[N+]=[N-])C(CO)O2)c(=O)[nH]c1=O. The predicted molar refractivity (Wildman–Crippen MR) is 239 cm³/mol. The number of nitrogens with zero attached hydrogens (tertiary/aromatic N) is 12. The topological polar surface area (TPSA) is 404 Å². The van der Waals surface area contributed by atoms with Gasteiger partial charge in [-0.1, -0.05) is 54.6 Å². The molecule has 1 aromatic heterocycles. The lowest BCUT2D eigenvalue weighted by Crippen LogP contribution is -2.69. The summed E-state index contributed by atoms with van der Waals surface area (Å²) in [6.45, 7) is 5.22. The molecule has 0 radical (unpaired) electrons. The molecule has 6 saturated heterocycles. The second kappa shape index (κ2) is 24.1. The number of H-pyrrole nitrogens is 1. The number of nitrogens with one attached hydrogen (secondary N) is 3.